The Kier molecular flexibility index (Phi) is 7.33. The Balaban J connectivity index is 2.28. The third kappa shape index (κ3) is 6.05. The molecule has 0 aliphatic rings. The van der Waals surface area contributed by atoms with Gasteiger partial charge in [0.05, 0.1) is 4.90 Å². The number of sulfonamides is 1. The molecule has 0 saturated carbocycles. The van der Waals surface area contributed by atoms with Crippen LogP contribution in [0.5, 0.6) is 0 Å². The largest absolute Gasteiger partial charge is 0.349 e. The van der Waals surface area contributed by atoms with Crippen LogP contribution in [0.1, 0.15) is 42.2 Å². The summed E-state index contributed by atoms with van der Waals surface area (Å²) in [6, 6.07) is 15.2. The van der Waals surface area contributed by atoms with Crippen LogP contribution in [0.4, 0.5) is 0 Å². The molecular formula is C21H26N2O3S. The minimum absolute atomic E-state index is 0.0680. The third-order valence-electron chi connectivity index (χ3n) is 4.02. The van der Waals surface area contributed by atoms with Crippen LogP contribution in [-0.2, 0) is 10.0 Å². The first-order chi connectivity index (χ1) is 12.8. The van der Waals surface area contributed by atoms with Gasteiger partial charge in [0, 0.05) is 18.2 Å². The van der Waals surface area contributed by atoms with E-state index in [0.717, 1.165) is 5.56 Å². The number of nitrogens with one attached hydrogen (secondary N) is 2. The van der Waals surface area contributed by atoms with E-state index in [2.05, 4.69) is 30.5 Å². The van der Waals surface area contributed by atoms with Gasteiger partial charge in [0.1, 0.15) is 0 Å². The number of benzene rings is 2. The van der Waals surface area contributed by atoms with Crippen molar-refractivity contribution in [2.75, 3.05) is 6.54 Å². The van der Waals surface area contributed by atoms with Crippen LogP contribution in [0.15, 0.2) is 72.1 Å². The molecule has 0 aliphatic carbocycles. The molecule has 0 spiro atoms. The van der Waals surface area contributed by atoms with Crippen LogP contribution >= 0.6 is 0 Å². The van der Waals surface area contributed by atoms with Gasteiger partial charge >= 0.3 is 0 Å². The number of carbonyl (C=O) groups is 1. The summed E-state index contributed by atoms with van der Waals surface area (Å²) in [4.78, 5) is 12.2. The van der Waals surface area contributed by atoms with Crippen molar-refractivity contribution in [3.8, 4) is 0 Å². The minimum atomic E-state index is -3.78. The topological polar surface area (TPSA) is 75.3 Å². The van der Waals surface area contributed by atoms with Gasteiger partial charge in [-0.2, -0.15) is 0 Å². The molecule has 27 heavy (non-hydrogen) atoms. The number of carbonyl (C=O) groups excluding carboxylic acids is 1. The number of amides is 1. The predicted octanol–water partition coefficient (Wildman–Crippen LogP) is 3.67. The SMILES string of the molecule is C=CCNC(=O)c1cccc(S(=O)(=O)NC(CC(C)C)c2ccccc2)c1. The van der Waals surface area contributed by atoms with Crippen LogP contribution in [0.3, 0.4) is 0 Å². The van der Waals surface area contributed by atoms with E-state index in [-0.39, 0.29) is 16.8 Å². The Morgan fingerprint density at radius 3 is 2.44 bits per heavy atom. The molecule has 6 heteroatoms. The number of rotatable bonds is 9. The van der Waals surface area contributed by atoms with Gasteiger partial charge in [-0.25, -0.2) is 13.1 Å². The second kappa shape index (κ2) is 9.48. The summed E-state index contributed by atoms with van der Waals surface area (Å²) in [5, 5.41) is 2.65. The molecule has 0 bridgehead atoms. The second-order valence-electron chi connectivity index (χ2n) is 6.74. The number of hydrogen-bond acceptors (Lipinski definition) is 3. The maximum absolute atomic E-state index is 12.9. The number of hydrogen-bond donors (Lipinski definition) is 2. The maximum Gasteiger partial charge on any atom is 0.251 e. The monoisotopic (exact) mass is 386 g/mol. The fourth-order valence-electron chi connectivity index (χ4n) is 2.74. The van der Waals surface area contributed by atoms with E-state index in [0.29, 0.717) is 24.4 Å². The molecule has 2 N–H and O–H groups in total. The Morgan fingerprint density at radius 1 is 1.11 bits per heavy atom. The van der Waals surface area contributed by atoms with Gasteiger partial charge < -0.3 is 5.32 Å². The molecule has 0 heterocycles. The highest BCUT2D eigenvalue weighted by molar-refractivity contribution is 7.89. The van der Waals surface area contributed by atoms with E-state index < -0.39 is 10.0 Å². The molecule has 1 atom stereocenters. The minimum Gasteiger partial charge on any atom is -0.349 e. The van der Waals surface area contributed by atoms with Crippen LogP contribution in [0.25, 0.3) is 0 Å². The van der Waals surface area contributed by atoms with Gasteiger partial charge in [-0.3, -0.25) is 4.79 Å². The lowest BCUT2D eigenvalue weighted by atomic mass is 9.98. The van der Waals surface area contributed by atoms with Gasteiger partial charge in [-0.05, 0) is 36.1 Å². The zero-order valence-electron chi connectivity index (χ0n) is 15.7. The highest BCUT2D eigenvalue weighted by Gasteiger charge is 2.23. The summed E-state index contributed by atoms with van der Waals surface area (Å²) in [7, 11) is -3.78. The third-order valence-corrected chi connectivity index (χ3v) is 5.49. The van der Waals surface area contributed by atoms with Crippen LogP contribution in [0, 0.1) is 5.92 Å². The standard InChI is InChI=1S/C21H26N2O3S/c1-4-13-22-21(24)18-11-8-12-19(15-18)27(25,26)23-20(14-16(2)3)17-9-6-5-7-10-17/h4-12,15-16,20,23H,1,13-14H2,2-3H3,(H,22,24). The molecule has 2 rings (SSSR count). The predicted molar refractivity (Wildman–Crippen MR) is 108 cm³/mol. The normalized spacial score (nSPS) is 12.6. The molecule has 1 unspecified atom stereocenters. The summed E-state index contributed by atoms with van der Waals surface area (Å²) in [6.07, 6.45) is 2.24. The van der Waals surface area contributed by atoms with Gasteiger partial charge in [0.15, 0.2) is 0 Å². The lowest BCUT2D eigenvalue weighted by Crippen LogP contribution is -2.30. The van der Waals surface area contributed by atoms with Crippen molar-refractivity contribution in [3.05, 3.63) is 78.4 Å². The first kappa shape index (κ1) is 20.9. The van der Waals surface area contributed by atoms with E-state index >= 15 is 0 Å². The molecule has 1 amide bonds. The summed E-state index contributed by atoms with van der Waals surface area (Å²) in [6.45, 7) is 7.97. The van der Waals surface area contributed by atoms with Crippen LogP contribution < -0.4 is 10.0 Å². The molecule has 0 saturated heterocycles. The molecule has 2 aromatic rings. The van der Waals surface area contributed by atoms with Crippen LogP contribution in [-0.4, -0.2) is 20.9 Å². The Morgan fingerprint density at radius 2 is 1.81 bits per heavy atom. The first-order valence-electron chi connectivity index (χ1n) is 8.90. The molecule has 0 fully saturated rings. The first-order valence-corrected chi connectivity index (χ1v) is 10.4. The molecule has 144 valence electrons. The van der Waals surface area contributed by atoms with Gasteiger partial charge in [-0.15, -0.1) is 6.58 Å². The molecular weight excluding hydrogens is 360 g/mol. The van der Waals surface area contributed by atoms with E-state index in [1.165, 1.54) is 12.1 Å². The lowest BCUT2D eigenvalue weighted by Gasteiger charge is -2.21. The van der Waals surface area contributed by atoms with Crippen molar-refractivity contribution in [3.63, 3.8) is 0 Å². The highest BCUT2D eigenvalue weighted by atomic mass is 32.2. The van der Waals surface area contributed by atoms with Crippen molar-refractivity contribution in [1.82, 2.24) is 10.0 Å². The fraction of sp³-hybridized carbons (Fsp3) is 0.286. The second-order valence-corrected chi connectivity index (χ2v) is 8.45. The molecule has 0 aliphatic heterocycles. The summed E-state index contributed by atoms with van der Waals surface area (Å²) in [5.74, 6) is -0.0253. The Labute approximate surface area is 161 Å². The fourth-order valence-corrected chi connectivity index (χ4v) is 4.02. The average Bonchev–Trinajstić information content (AvgIpc) is 2.66. The summed E-state index contributed by atoms with van der Waals surface area (Å²) < 4.78 is 28.6. The van der Waals surface area contributed by atoms with Crippen molar-refractivity contribution >= 4 is 15.9 Å². The van der Waals surface area contributed by atoms with E-state index in [1.54, 1.807) is 18.2 Å². The Bertz CT molecular complexity index is 877. The molecule has 2 aromatic carbocycles. The van der Waals surface area contributed by atoms with E-state index in [1.807, 2.05) is 30.3 Å². The quantitative estimate of drug-likeness (QED) is 0.646. The summed E-state index contributed by atoms with van der Waals surface area (Å²) in [5.41, 5.74) is 1.20. The van der Waals surface area contributed by atoms with Crippen molar-refractivity contribution in [2.45, 2.75) is 31.2 Å². The van der Waals surface area contributed by atoms with Crippen molar-refractivity contribution < 1.29 is 13.2 Å². The lowest BCUT2D eigenvalue weighted by molar-refractivity contribution is 0.0958. The molecule has 0 aromatic heterocycles. The molecule has 0 radical (unpaired) electrons. The van der Waals surface area contributed by atoms with Crippen LogP contribution in [0.2, 0.25) is 0 Å². The Hall–Kier alpha value is -2.44. The van der Waals surface area contributed by atoms with Crippen molar-refractivity contribution in [2.24, 2.45) is 5.92 Å². The van der Waals surface area contributed by atoms with Gasteiger partial charge in [0.2, 0.25) is 10.0 Å². The van der Waals surface area contributed by atoms with E-state index in [9.17, 15) is 13.2 Å². The van der Waals surface area contributed by atoms with Gasteiger partial charge in [-0.1, -0.05) is 56.3 Å². The van der Waals surface area contributed by atoms with Gasteiger partial charge in [0.25, 0.3) is 5.91 Å². The van der Waals surface area contributed by atoms with E-state index in [4.69, 9.17) is 0 Å². The smallest absolute Gasteiger partial charge is 0.251 e. The molecule has 5 nitrogen and oxygen atoms in total. The zero-order valence-corrected chi connectivity index (χ0v) is 16.5. The van der Waals surface area contributed by atoms with Crippen molar-refractivity contribution in [1.29, 1.82) is 0 Å². The maximum atomic E-state index is 12.9. The summed E-state index contributed by atoms with van der Waals surface area (Å²) >= 11 is 0. The zero-order chi connectivity index (χ0) is 19.9. The highest BCUT2D eigenvalue weighted by Crippen LogP contribution is 2.24. The average molecular weight is 387 g/mol.